The number of aromatic nitrogens is 1. The zero-order valence-electron chi connectivity index (χ0n) is 15.4. The second kappa shape index (κ2) is 7.44. The Balaban J connectivity index is 1.90. The fourth-order valence-electron chi connectivity index (χ4n) is 2.95. The van der Waals surface area contributed by atoms with Crippen LogP contribution in [-0.2, 0) is 6.54 Å². The number of aryl methyl sites for hydroxylation is 1. The average molecular weight is 350 g/mol. The van der Waals surface area contributed by atoms with Crippen LogP contribution >= 0.6 is 0 Å². The van der Waals surface area contributed by atoms with Crippen LogP contribution in [0.15, 0.2) is 48.5 Å². The summed E-state index contributed by atoms with van der Waals surface area (Å²) in [6.07, 6.45) is 0. The van der Waals surface area contributed by atoms with Gasteiger partial charge in [0.25, 0.3) is 5.91 Å². The largest absolute Gasteiger partial charge is 0.497 e. The molecule has 0 aliphatic rings. The van der Waals surface area contributed by atoms with E-state index in [1.807, 2.05) is 55.5 Å². The second-order valence-corrected chi connectivity index (χ2v) is 6.15. The third-order valence-electron chi connectivity index (χ3n) is 4.39. The Morgan fingerprint density at radius 2 is 1.85 bits per heavy atom. The number of para-hydroxylation sites is 1. The van der Waals surface area contributed by atoms with Gasteiger partial charge in [0.2, 0.25) is 0 Å². The smallest absolute Gasteiger partial charge is 0.255 e. The van der Waals surface area contributed by atoms with Gasteiger partial charge in [0.15, 0.2) is 0 Å². The first-order valence-electron chi connectivity index (χ1n) is 8.36. The lowest BCUT2D eigenvalue weighted by molar-refractivity contribution is 0.0783. The number of carbonyl (C=O) groups excluding carboxylic acids is 1. The number of pyridine rings is 1. The number of benzene rings is 2. The summed E-state index contributed by atoms with van der Waals surface area (Å²) < 4.78 is 10.6. The highest BCUT2D eigenvalue weighted by atomic mass is 16.5. The second-order valence-electron chi connectivity index (χ2n) is 6.15. The van der Waals surface area contributed by atoms with E-state index in [9.17, 15) is 4.79 Å². The van der Waals surface area contributed by atoms with Crippen LogP contribution in [0.3, 0.4) is 0 Å². The fraction of sp³-hybridized carbons (Fsp3) is 0.238. The molecule has 2 aromatic carbocycles. The first kappa shape index (κ1) is 17.7. The van der Waals surface area contributed by atoms with E-state index in [1.165, 1.54) is 0 Å². The summed E-state index contributed by atoms with van der Waals surface area (Å²) >= 11 is 0. The molecular formula is C21H22N2O3. The summed E-state index contributed by atoms with van der Waals surface area (Å²) in [5.74, 6) is 1.45. The van der Waals surface area contributed by atoms with Gasteiger partial charge in [0.05, 0.1) is 31.0 Å². The third-order valence-corrected chi connectivity index (χ3v) is 4.39. The molecule has 3 aromatic rings. The highest BCUT2D eigenvalue weighted by Crippen LogP contribution is 2.24. The van der Waals surface area contributed by atoms with Crippen molar-refractivity contribution in [2.45, 2.75) is 13.5 Å². The van der Waals surface area contributed by atoms with Crippen molar-refractivity contribution in [3.63, 3.8) is 0 Å². The fourth-order valence-corrected chi connectivity index (χ4v) is 2.95. The maximum absolute atomic E-state index is 13.0. The minimum Gasteiger partial charge on any atom is -0.497 e. The van der Waals surface area contributed by atoms with Crippen molar-refractivity contribution in [3.8, 4) is 11.5 Å². The molecule has 0 N–H and O–H groups in total. The maximum atomic E-state index is 13.0. The zero-order chi connectivity index (χ0) is 18.7. The van der Waals surface area contributed by atoms with Crippen molar-refractivity contribution in [2.24, 2.45) is 0 Å². The van der Waals surface area contributed by atoms with Crippen LogP contribution < -0.4 is 9.47 Å². The Morgan fingerprint density at radius 1 is 1.08 bits per heavy atom. The van der Waals surface area contributed by atoms with Crippen molar-refractivity contribution in [2.75, 3.05) is 21.3 Å². The van der Waals surface area contributed by atoms with Crippen molar-refractivity contribution >= 4 is 16.8 Å². The molecule has 5 nitrogen and oxygen atoms in total. The lowest BCUT2D eigenvalue weighted by Crippen LogP contribution is -2.27. The molecular weight excluding hydrogens is 328 g/mol. The Morgan fingerprint density at radius 3 is 2.58 bits per heavy atom. The highest BCUT2D eigenvalue weighted by molar-refractivity contribution is 5.98. The first-order valence-corrected chi connectivity index (χ1v) is 8.36. The Hall–Kier alpha value is -3.08. The van der Waals surface area contributed by atoms with Crippen LogP contribution in [0.25, 0.3) is 10.9 Å². The average Bonchev–Trinajstić information content (AvgIpc) is 2.66. The number of hydrogen-bond donors (Lipinski definition) is 0. The molecule has 3 rings (SSSR count). The summed E-state index contributed by atoms with van der Waals surface area (Å²) in [7, 11) is 5.04. The van der Waals surface area contributed by atoms with E-state index in [2.05, 4.69) is 4.98 Å². The molecule has 1 heterocycles. The van der Waals surface area contributed by atoms with Crippen molar-refractivity contribution in [1.82, 2.24) is 9.88 Å². The summed E-state index contributed by atoms with van der Waals surface area (Å²) in [4.78, 5) is 19.2. The van der Waals surface area contributed by atoms with E-state index in [-0.39, 0.29) is 5.91 Å². The summed E-state index contributed by atoms with van der Waals surface area (Å²) in [5.41, 5.74) is 3.07. The van der Waals surface area contributed by atoms with Crippen molar-refractivity contribution in [3.05, 3.63) is 65.4 Å². The predicted molar refractivity (Wildman–Crippen MR) is 102 cm³/mol. The van der Waals surface area contributed by atoms with E-state index < -0.39 is 0 Å². The number of carbonyl (C=O) groups is 1. The Labute approximate surface area is 153 Å². The molecule has 0 aliphatic carbocycles. The van der Waals surface area contributed by atoms with Gasteiger partial charge in [0.1, 0.15) is 11.5 Å². The molecule has 0 atom stereocenters. The topological polar surface area (TPSA) is 51.7 Å². The number of nitrogens with zero attached hydrogens (tertiary/aromatic N) is 2. The zero-order valence-corrected chi connectivity index (χ0v) is 15.4. The van der Waals surface area contributed by atoms with E-state index in [4.69, 9.17) is 9.47 Å². The number of fused-ring (bicyclic) bond motifs is 1. The van der Waals surface area contributed by atoms with Crippen LogP contribution in [0.1, 0.15) is 21.6 Å². The third kappa shape index (κ3) is 3.47. The van der Waals surface area contributed by atoms with Gasteiger partial charge in [-0.15, -0.1) is 0 Å². The lowest BCUT2D eigenvalue weighted by Gasteiger charge is -2.20. The quantitative estimate of drug-likeness (QED) is 0.702. The van der Waals surface area contributed by atoms with Gasteiger partial charge in [-0.05, 0) is 31.2 Å². The van der Waals surface area contributed by atoms with Crippen LogP contribution in [0, 0.1) is 6.92 Å². The van der Waals surface area contributed by atoms with Gasteiger partial charge in [0, 0.05) is 30.6 Å². The van der Waals surface area contributed by atoms with Crippen molar-refractivity contribution in [1.29, 1.82) is 0 Å². The summed E-state index contributed by atoms with van der Waals surface area (Å²) in [5, 5.41) is 0.908. The van der Waals surface area contributed by atoms with Gasteiger partial charge in [-0.2, -0.15) is 0 Å². The van der Waals surface area contributed by atoms with Gasteiger partial charge in [-0.3, -0.25) is 9.78 Å². The lowest BCUT2D eigenvalue weighted by atomic mass is 10.1. The minimum absolute atomic E-state index is 0.0707. The maximum Gasteiger partial charge on any atom is 0.255 e. The SMILES string of the molecule is COc1ccc2cc(C(=O)N(C)Cc3ccccc3OC)c(C)nc2c1. The molecule has 26 heavy (non-hydrogen) atoms. The molecule has 0 radical (unpaired) electrons. The summed E-state index contributed by atoms with van der Waals surface area (Å²) in [6.45, 7) is 2.31. The molecule has 1 amide bonds. The normalized spacial score (nSPS) is 10.6. The molecule has 0 fully saturated rings. The number of methoxy groups -OCH3 is 2. The number of hydrogen-bond acceptors (Lipinski definition) is 4. The van der Waals surface area contributed by atoms with Gasteiger partial charge in [-0.1, -0.05) is 18.2 Å². The minimum atomic E-state index is -0.0707. The Kier molecular flexibility index (Phi) is 5.07. The summed E-state index contributed by atoms with van der Waals surface area (Å²) in [6, 6.07) is 15.2. The van der Waals surface area contributed by atoms with Gasteiger partial charge in [-0.25, -0.2) is 0 Å². The van der Waals surface area contributed by atoms with E-state index >= 15 is 0 Å². The van der Waals surface area contributed by atoms with Crippen LogP contribution in [0.2, 0.25) is 0 Å². The van der Waals surface area contributed by atoms with Gasteiger partial charge < -0.3 is 14.4 Å². The molecule has 5 heteroatoms. The molecule has 0 aliphatic heterocycles. The standard InChI is InChI=1S/C21H22N2O3/c1-14-18(11-15-9-10-17(25-3)12-19(15)22-14)21(24)23(2)13-16-7-5-6-8-20(16)26-4/h5-12H,13H2,1-4H3. The molecule has 0 spiro atoms. The number of amides is 1. The molecule has 0 saturated heterocycles. The molecule has 134 valence electrons. The molecule has 0 bridgehead atoms. The van der Waals surface area contributed by atoms with Crippen LogP contribution in [-0.4, -0.2) is 37.1 Å². The Bertz CT molecular complexity index is 953. The van der Waals surface area contributed by atoms with Crippen LogP contribution in [0.5, 0.6) is 11.5 Å². The number of rotatable bonds is 5. The monoisotopic (exact) mass is 350 g/mol. The molecule has 1 aromatic heterocycles. The van der Waals surface area contributed by atoms with Gasteiger partial charge >= 0.3 is 0 Å². The van der Waals surface area contributed by atoms with Crippen LogP contribution in [0.4, 0.5) is 0 Å². The predicted octanol–water partition coefficient (Wildman–Crippen LogP) is 3.83. The molecule has 0 saturated carbocycles. The van der Waals surface area contributed by atoms with E-state index in [0.717, 1.165) is 28.0 Å². The first-order chi connectivity index (χ1) is 12.5. The molecule has 0 unspecified atom stereocenters. The van der Waals surface area contributed by atoms with E-state index in [0.29, 0.717) is 17.8 Å². The number of ether oxygens (including phenoxy) is 2. The van der Waals surface area contributed by atoms with E-state index in [1.54, 1.807) is 26.2 Å². The highest BCUT2D eigenvalue weighted by Gasteiger charge is 2.17. The van der Waals surface area contributed by atoms with Crippen molar-refractivity contribution < 1.29 is 14.3 Å².